The molecule has 32 heavy (non-hydrogen) atoms. The van der Waals surface area contributed by atoms with Gasteiger partial charge in [0.25, 0.3) is 0 Å². The van der Waals surface area contributed by atoms with Crippen molar-refractivity contribution in [3.8, 4) is 0 Å². The van der Waals surface area contributed by atoms with Gasteiger partial charge < -0.3 is 10.1 Å². The average Bonchev–Trinajstić information content (AvgIpc) is 3.48. The Labute approximate surface area is 210 Å². The Morgan fingerprint density at radius 2 is 1.88 bits per heavy atom. The fourth-order valence-corrected chi connectivity index (χ4v) is 6.36. The molecule has 1 unspecified atom stereocenters. The number of aromatic nitrogens is 2. The van der Waals surface area contributed by atoms with Crippen molar-refractivity contribution in [2.75, 3.05) is 22.8 Å². The van der Waals surface area contributed by atoms with Crippen molar-refractivity contribution in [2.24, 2.45) is 7.05 Å². The number of hydrogen-bond acceptors (Lipinski definition) is 5. The second-order valence-corrected chi connectivity index (χ2v) is 10.0. The van der Waals surface area contributed by atoms with Gasteiger partial charge in [0.05, 0.1) is 24.5 Å². The van der Waals surface area contributed by atoms with Crippen LogP contribution in [0.5, 0.6) is 0 Å². The quantitative estimate of drug-likeness (QED) is 0.645. The number of urea groups is 1. The summed E-state index contributed by atoms with van der Waals surface area (Å²) in [6, 6.07) is 1.15. The van der Waals surface area contributed by atoms with E-state index in [9.17, 15) is 13.2 Å². The van der Waals surface area contributed by atoms with E-state index in [2.05, 4.69) is 21.2 Å². The number of nitrogens with zero attached hydrogens (tertiary/aromatic N) is 3. The molecule has 168 valence electrons. The van der Waals surface area contributed by atoms with Crippen LogP contribution in [0.4, 0.5) is 16.2 Å². The standard InChI is InChI=1S/C21H27N5O4S.Na.H/c1-25-12-17(11-22-25)26(16-8-9-30-13-16)31(28,29)24-21(27)23-20-18-6-2-4-14(18)10-15-5-3-7-19(15)20;;/h10-12,16H,2-9,13H2,1H3,(H2,23,24,27);;. The van der Waals surface area contributed by atoms with Gasteiger partial charge in [-0.2, -0.15) is 13.5 Å². The third-order valence-corrected chi connectivity index (χ3v) is 7.85. The van der Waals surface area contributed by atoms with E-state index in [4.69, 9.17) is 4.74 Å². The van der Waals surface area contributed by atoms with Crippen molar-refractivity contribution in [3.05, 3.63) is 40.7 Å². The summed E-state index contributed by atoms with van der Waals surface area (Å²) in [5.74, 6) is 0. The SMILES string of the molecule is Cn1cc(N(C2CCOC2)S(=O)(=O)NC(=O)Nc2c3c(cc4c2CCC4)CCC3)cn1.[NaH]. The fourth-order valence-electron chi connectivity index (χ4n) is 5.05. The molecule has 2 heterocycles. The van der Waals surface area contributed by atoms with E-state index in [1.165, 1.54) is 26.3 Å². The first-order valence-corrected chi connectivity index (χ1v) is 12.2. The summed E-state index contributed by atoms with van der Waals surface area (Å²) in [5, 5.41) is 6.98. The number of anilines is 2. The third-order valence-electron chi connectivity index (χ3n) is 6.38. The molecular formula is C21H28N5NaO4S. The van der Waals surface area contributed by atoms with Gasteiger partial charge in [-0.15, -0.1) is 0 Å². The molecule has 1 aromatic carbocycles. The van der Waals surface area contributed by atoms with Crippen molar-refractivity contribution < 1.29 is 17.9 Å². The van der Waals surface area contributed by atoms with Gasteiger partial charge in [0.15, 0.2) is 0 Å². The zero-order valence-electron chi connectivity index (χ0n) is 17.6. The van der Waals surface area contributed by atoms with Crippen molar-refractivity contribution in [1.82, 2.24) is 14.5 Å². The molecule has 2 N–H and O–H groups in total. The summed E-state index contributed by atoms with van der Waals surface area (Å²) in [7, 11) is -2.44. The van der Waals surface area contributed by atoms with Gasteiger partial charge in [-0.25, -0.2) is 13.8 Å². The molecule has 2 aromatic rings. The van der Waals surface area contributed by atoms with Crippen LogP contribution in [0.2, 0.25) is 0 Å². The Bertz CT molecular complexity index is 1100. The van der Waals surface area contributed by atoms with Gasteiger partial charge in [-0.3, -0.25) is 4.68 Å². The Hall–Kier alpha value is -1.59. The molecule has 1 atom stereocenters. The van der Waals surface area contributed by atoms with E-state index < -0.39 is 16.2 Å². The number of carbonyl (C=O) groups excluding carboxylic acids is 1. The first kappa shape index (κ1) is 23.6. The fraction of sp³-hybridized carbons (Fsp3) is 0.524. The molecule has 1 saturated heterocycles. The van der Waals surface area contributed by atoms with E-state index in [1.54, 1.807) is 13.2 Å². The average molecular weight is 470 g/mol. The number of benzene rings is 1. The molecule has 1 aromatic heterocycles. The molecule has 0 spiro atoms. The first-order valence-electron chi connectivity index (χ1n) is 10.8. The summed E-state index contributed by atoms with van der Waals surface area (Å²) < 4.78 is 36.9. The van der Waals surface area contributed by atoms with E-state index in [-0.39, 0.29) is 42.2 Å². The van der Waals surface area contributed by atoms with Crippen LogP contribution in [-0.2, 0) is 47.7 Å². The predicted molar refractivity (Wildman–Crippen MR) is 124 cm³/mol. The van der Waals surface area contributed by atoms with Crippen LogP contribution in [0.25, 0.3) is 0 Å². The van der Waals surface area contributed by atoms with Crippen LogP contribution < -0.4 is 14.3 Å². The number of aryl methyl sites for hydroxylation is 3. The van der Waals surface area contributed by atoms with E-state index in [0.29, 0.717) is 18.7 Å². The van der Waals surface area contributed by atoms with Crippen LogP contribution in [0, 0.1) is 0 Å². The van der Waals surface area contributed by atoms with E-state index in [1.807, 2.05) is 0 Å². The number of fused-ring (bicyclic) bond motifs is 2. The second-order valence-electron chi connectivity index (χ2n) is 8.48. The van der Waals surface area contributed by atoms with Gasteiger partial charge >= 0.3 is 45.8 Å². The summed E-state index contributed by atoms with van der Waals surface area (Å²) in [4.78, 5) is 12.9. The zero-order chi connectivity index (χ0) is 21.6. The van der Waals surface area contributed by atoms with Crippen LogP contribution >= 0.6 is 0 Å². The van der Waals surface area contributed by atoms with Crippen molar-refractivity contribution in [2.45, 2.75) is 51.0 Å². The molecule has 5 rings (SSSR count). The maximum absolute atomic E-state index is 13.3. The third kappa shape index (κ3) is 4.43. The number of rotatable bonds is 5. The van der Waals surface area contributed by atoms with E-state index >= 15 is 0 Å². The molecular weight excluding hydrogens is 441 g/mol. The maximum atomic E-state index is 13.3. The molecule has 0 saturated carbocycles. The number of nitrogens with one attached hydrogen (secondary N) is 2. The number of amides is 2. The second kappa shape index (κ2) is 9.34. The van der Waals surface area contributed by atoms with Gasteiger partial charge in [-0.05, 0) is 67.2 Å². The first-order chi connectivity index (χ1) is 14.9. The summed E-state index contributed by atoms with van der Waals surface area (Å²) in [5.41, 5.74) is 6.08. The van der Waals surface area contributed by atoms with Crippen LogP contribution in [-0.4, -0.2) is 73.0 Å². The molecule has 0 bridgehead atoms. The molecule has 11 heteroatoms. The molecule has 2 aliphatic carbocycles. The normalized spacial score (nSPS) is 19.2. The Morgan fingerprint density at radius 1 is 1.19 bits per heavy atom. The number of hydrogen-bond donors (Lipinski definition) is 2. The summed E-state index contributed by atoms with van der Waals surface area (Å²) in [6.07, 6.45) is 9.60. The predicted octanol–water partition coefficient (Wildman–Crippen LogP) is 1.41. The molecule has 1 fully saturated rings. The van der Waals surface area contributed by atoms with Crippen molar-refractivity contribution in [1.29, 1.82) is 0 Å². The molecule has 2 amide bonds. The van der Waals surface area contributed by atoms with Gasteiger partial charge in [0.1, 0.15) is 0 Å². The molecule has 3 aliphatic rings. The summed E-state index contributed by atoms with van der Waals surface area (Å²) >= 11 is 0. The Morgan fingerprint density at radius 3 is 2.44 bits per heavy atom. The minimum atomic E-state index is -4.16. The van der Waals surface area contributed by atoms with Gasteiger partial charge in [0, 0.05) is 25.5 Å². The minimum absolute atomic E-state index is 0. The van der Waals surface area contributed by atoms with Crippen LogP contribution in [0.15, 0.2) is 18.5 Å². The topological polar surface area (TPSA) is 106 Å². The molecule has 0 radical (unpaired) electrons. The number of carbonyl (C=O) groups is 1. The van der Waals surface area contributed by atoms with Gasteiger partial charge in [-0.1, -0.05) is 6.07 Å². The van der Waals surface area contributed by atoms with Crippen molar-refractivity contribution in [3.63, 3.8) is 0 Å². The Balaban J connectivity index is 0.00000245. The number of ether oxygens (including phenoxy) is 1. The monoisotopic (exact) mass is 469 g/mol. The zero-order valence-corrected chi connectivity index (χ0v) is 18.4. The van der Waals surface area contributed by atoms with E-state index in [0.717, 1.165) is 55.3 Å². The van der Waals surface area contributed by atoms with Crippen LogP contribution in [0.3, 0.4) is 0 Å². The molecule has 9 nitrogen and oxygen atoms in total. The van der Waals surface area contributed by atoms with Crippen LogP contribution in [0.1, 0.15) is 41.5 Å². The van der Waals surface area contributed by atoms with Gasteiger partial charge in [0.2, 0.25) is 0 Å². The summed E-state index contributed by atoms with van der Waals surface area (Å²) in [6.45, 7) is 0.753. The van der Waals surface area contributed by atoms with Crippen molar-refractivity contribution >= 4 is 57.2 Å². The molecule has 1 aliphatic heterocycles. The Kier molecular flexibility index (Phi) is 6.88.